The summed E-state index contributed by atoms with van der Waals surface area (Å²) in [5.41, 5.74) is 5.31. The van der Waals surface area contributed by atoms with Crippen LogP contribution < -0.4 is 11.4 Å². The maximum absolute atomic E-state index is 12.1. The Morgan fingerprint density at radius 3 is 2.96 bits per heavy atom. The first-order chi connectivity index (χ1) is 11.0. The lowest BCUT2D eigenvalue weighted by Gasteiger charge is -2.21. The lowest BCUT2D eigenvalue weighted by Crippen LogP contribution is -2.38. The summed E-state index contributed by atoms with van der Waals surface area (Å²) in [6, 6.07) is 0. The molecular weight excluding hydrogens is 302 g/mol. The third kappa shape index (κ3) is 3.36. The van der Waals surface area contributed by atoms with Gasteiger partial charge in [0.1, 0.15) is 30.7 Å². The second kappa shape index (κ2) is 7.27. The van der Waals surface area contributed by atoms with Gasteiger partial charge >= 0.3 is 5.69 Å². The van der Waals surface area contributed by atoms with E-state index in [1.165, 1.54) is 6.20 Å². The maximum atomic E-state index is 12.1. The number of anilines is 1. The summed E-state index contributed by atoms with van der Waals surface area (Å²) in [5.74, 6) is 7.66. The second-order valence-corrected chi connectivity index (χ2v) is 4.82. The van der Waals surface area contributed by atoms with Crippen LogP contribution in [0.15, 0.2) is 11.0 Å². The highest BCUT2D eigenvalue weighted by molar-refractivity contribution is 5.48. The molecule has 0 aromatic carbocycles. The summed E-state index contributed by atoms with van der Waals surface area (Å²) in [4.78, 5) is 15.8. The number of hydrogen-bond acceptors (Lipinski definition) is 7. The van der Waals surface area contributed by atoms with Gasteiger partial charge in [0.15, 0.2) is 6.23 Å². The van der Waals surface area contributed by atoms with Crippen LogP contribution >= 0.6 is 0 Å². The third-order valence-corrected chi connectivity index (χ3v) is 3.37. The molecule has 2 rings (SSSR count). The van der Waals surface area contributed by atoms with Crippen molar-refractivity contribution in [1.82, 2.24) is 9.55 Å². The van der Waals surface area contributed by atoms with E-state index in [-0.39, 0.29) is 12.4 Å². The number of ether oxygens (including phenoxy) is 2. The highest BCUT2D eigenvalue weighted by Crippen LogP contribution is 2.31. The molecule has 1 aromatic rings. The Morgan fingerprint density at radius 2 is 2.35 bits per heavy atom. The number of nitrogen functional groups attached to an aromatic ring is 1. The standard InChI is InChI=1S/C15H17N3O5/c1-3-5-9-7-18(15(21)17-13(9)16)14-12(22-6-4-2)11(20)10(8-19)23-14/h2,7,10-12,14,19-20H,6,8H2,1H3,(H2,16,17,21)/t10-,11-,12-,14-/m1/s1. The van der Waals surface area contributed by atoms with Gasteiger partial charge in [-0.15, -0.1) is 12.3 Å². The van der Waals surface area contributed by atoms with E-state index in [1.807, 2.05) is 0 Å². The predicted molar refractivity (Wildman–Crippen MR) is 81.0 cm³/mol. The number of rotatable bonds is 4. The molecule has 0 radical (unpaired) electrons. The zero-order valence-corrected chi connectivity index (χ0v) is 12.5. The van der Waals surface area contributed by atoms with Crippen molar-refractivity contribution in [3.8, 4) is 24.2 Å². The number of hydrogen-bond donors (Lipinski definition) is 3. The summed E-state index contributed by atoms with van der Waals surface area (Å²) in [7, 11) is 0. The van der Waals surface area contributed by atoms with Gasteiger partial charge < -0.3 is 25.4 Å². The fraction of sp³-hybridized carbons (Fsp3) is 0.467. The Bertz CT molecular complexity index is 727. The van der Waals surface area contributed by atoms with E-state index in [9.17, 15) is 15.0 Å². The second-order valence-electron chi connectivity index (χ2n) is 4.82. The molecule has 8 heteroatoms. The number of aromatic nitrogens is 2. The van der Waals surface area contributed by atoms with Gasteiger partial charge in [-0.2, -0.15) is 4.98 Å². The molecule has 23 heavy (non-hydrogen) atoms. The summed E-state index contributed by atoms with van der Waals surface area (Å²) >= 11 is 0. The Balaban J connectivity index is 2.45. The van der Waals surface area contributed by atoms with Crippen molar-refractivity contribution < 1.29 is 19.7 Å². The smallest absolute Gasteiger partial charge is 0.351 e. The van der Waals surface area contributed by atoms with E-state index < -0.39 is 36.8 Å². The zero-order chi connectivity index (χ0) is 17.0. The first-order valence-corrected chi connectivity index (χ1v) is 6.84. The average molecular weight is 319 g/mol. The molecule has 1 saturated heterocycles. The SMILES string of the molecule is C#CCO[C@@H]1[C@H](O)[C@@H](CO)O[C@H]1n1cc(C#CC)c(N)nc1=O. The maximum Gasteiger partial charge on any atom is 0.351 e. The van der Waals surface area contributed by atoms with Crippen LogP contribution in [0.3, 0.4) is 0 Å². The average Bonchev–Trinajstić information content (AvgIpc) is 2.84. The fourth-order valence-electron chi connectivity index (χ4n) is 2.31. The minimum Gasteiger partial charge on any atom is -0.394 e. The number of terminal acetylenes is 1. The monoisotopic (exact) mass is 319 g/mol. The van der Waals surface area contributed by atoms with E-state index in [1.54, 1.807) is 6.92 Å². The van der Waals surface area contributed by atoms with Crippen molar-refractivity contribution >= 4 is 5.82 Å². The summed E-state index contributed by atoms with van der Waals surface area (Å²) in [5, 5.41) is 19.4. The molecule has 1 aromatic heterocycles. The largest absolute Gasteiger partial charge is 0.394 e. The summed E-state index contributed by atoms with van der Waals surface area (Å²) < 4.78 is 12.0. The first-order valence-electron chi connectivity index (χ1n) is 6.84. The van der Waals surface area contributed by atoms with Gasteiger partial charge in [0.05, 0.1) is 12.2 Å². The first kappa shape index (κ1) is 17.0. The highest BCUT2D eigenvalue weighted by atomic mass is 16.6. The minimum absolute atomic E-state index is 0.000975. The van der Waals surface area contributed by atoms with Crippen LogP contribution in [-0.4, -0.2) is 51.3 Å². The molecule has 0 spiro atoms. The van der Waals surface area contributed by atoms with E-state index in [0.717, 1.165) is 4.57 Å². The van der Waals surface area contributed by atoms with Crippen LogP contribution in [0.1, 0.15) is 18.7 Å². The van der Waals surface area contributed by atoms with Gasteiger partial charge in [-0.3, -0.25) is 4.57 Å². The topological polar surface area (TPSA) is 120 Å². The van der Waals surface area contributed by atoms with Crippen LogP contribution in [0, 0.1) is 24.2 Å². The van der Waals surface area contributed by atoms with E-state index in [4.69, 9.17) is 21.6 Å². The Hall–Kier alpha value is -2.36. The molecule has 0 saturated carbocycles. The molecule has 1 aliphatic rings. The van der Waals surface area contributed by atoms with Crippen molar-refractivity contribution in [2.24, 2.45) is 0 Å². The van der Waals surface area contributed by atoms with Crippen molar-refractivity contribution in [3.63, 3.8) is 0 Å². The van der Waals surface area contributed by atoms with Gasteiger partial charge in [-0.25, -0.2) is 4.79 Å². The van der Waals surface area contributed by atoms with Crippen molar-refractivity contribution in [3.05, 3.63) is 22.2 Å². The molecule has 0 unspecified atom stereocenters. The van der Waals surface area contributed by atoms with Crippen LogP contribution in [0.4, 0.5) is 5.82 Å². The van der Waals surface area contributed by atoms with E-state index in [0.29, 0.717) is 5.56 Å². The fourth-order valence-corrected chi connectivity index (χ4v) is 2.31. The predicted octanol–water partition coefficient (Wildman–Crippen LogP) is -1.53. The van der Waals surface area contributed by atoms with Gasteiger partial charge in [0, 0.05) is 6.20 Å². The van der Waals surface area contributed by atoms with Crippen LogP contribution in [0.2, 0.25) is 0 Å². The molecule has 8 nitrogen and oxygen atoms in total. The Morgan fingerprint density at radius 1 is 1.61 bits per heavy atom. The van der Waals surface area contributed by atoms with Crippen molar-refractivity contribution in [1.29, 1.82) is 0 Å². The summed E-state index contributed by atoms with van der Waals surface area (Å²) in [6.45, 7) is 1.09. The number of nitrogens with zero attached hydrogens (tertiary/aromatic N) is 2. The van der Waals surface area contributed by atoms with E-state index >= 15 is 0 Å². The lowest BCUT2D eigenvalue weighted by atomic mass is 10.1. The Kier molecular flexibility index (Phi) is 5.37. The van der Waals surface area contributed by atoms with E-state index in [2.05, 4.69) is 22.7 Å². The molecule has 1 fully saturated rings. The zero-order valence-electron chi connectivity index (χ0n) is 12.5. The minimum atomic E-state index is -1.15. The Labute approximate surface area is 132 Å². The normalized spacial score (nSPS) is 26.3. The molecule has 4 atom stereocenters. The van der Waals surface area contributed by atoms with Gasteiger partial charge in [0.2, 0.25) is 0 Å². The van der Waals surface area contributed by atoms with Crippen molar-refractivity contribution in [2.75, 3.05) is 18.9 Å². The molecule has 1 aliphatic heterocycles. The number of aliphatic hydroxyl groups is 2. The number of nitrogens with two attached hydrogens (primary N) is 1. The molecule has 2 heterocycles. The van der Waals surface area contributed by atoms with Gasteiger partial charge in [-0.1, -0.05) is 11.8 Å². The number of aliphatic hydroxyl groups excluding tert-OH is 2. The highest BCUT2D eigenvalue weighted by Gasteiger charge is 2.45. The molecular formula is C15H17N3O5. The quantitative estimate of drug-likeness (QED) is 0.576. The third-order valence-electron chi connectivity index (χ3n) is 3.37. The molecule has 4 N–H and O–H groups in total. The van der Waals surface area contributed by atoms with Gasteiger partial charge in [0.25, 0.3) is 0 Å². The van der Waals surface area contributed by atoms with Crippen LogP contribution in [0.5, 0.6) is 0 Å². The molecule has 0 aliphatic carbocycles. The van der Waals surface area contributed by atoms with Crippen LogP contribution in [0.25, 0.3) is 0 Å². The molecule has 0 bridgehead atoms. The van der Waals surface area contributed by atoms with Gasteiger partial charge in [-0.05, 0) is 6.92 Å². The molecule has 0 amide bonds. The van der Waals surface area contributed by atoms with Crippen molar-refractivity contribution in [2.45, 2.75) is 31.5 Å². The molecule has 122 valence electrons. The summed E-state index contributed by atoms with van der Waals surface area (Å²) in [6.07, 6.45) is 2.53. The lowest BCUT2D eigenvalue weighted by molar-refractivity contribution is -0.0677. The van der Waals surface area contributed by atoms with Crippen LogP contribution in [-0.2, 0) is 9.47 Å².